The molecule has 0 saturated heterocycles. The van der Waals surface area contributed by atoms with Gasteiger partial charge in [-0.05, 0) is 48.5 Å². The molecule has 35 heavy (non-hydrogen) atoms. The van der Waals surface area contributed by atoms with Crippen LogP contribution < -0.4 is 19.3 Å². The summed E-state index contributed by atoms with van der Waals surface area (Å²) in [7, 11) is 0. The minimum atomic E-state index is -1.10. The third-order valence-corrected chi connectivity index (χ3v) is 5.87. The van der Waals surface area contributed by atoms with Crippen LogP contribution in [-0.4, -0.2) is 49.8 Å². The molecule has 0 aromatic heterocycles. The van der Waals surface area contributed by atoms with Gasteiger partial charge in [-0.1, -0.05) is 22.0 Å². The molecule has 1 aliphatic rings. The lowest BCUT2D eigenvalue weighted by Crippen LogP contribution is -2.42. The summed E-state index contributed by atoms with van der Waals surface area (Å²) in [5.41, 5.74) is 1.16. The molecule has 0 unspecified atom stereocenters. The van der Waals surface area contributed by atoms with Crippen molar-refractivity contribution in [2.45, 2.75) is 0 Å². The van der Waals surface area contributed by atoms with Gasteiger partial charge in [0.05, 0.1) is 12.2 Å². The molecule has 0 radical (unpaired) electrons. The van der Waals surface area contributed by atoms with Gasteiger partial charge in [0.1, 0.15) is 18.2 Å². The summed E-state index contributed by atoms with van der Waals surface area (Å²) in [5, 5.41) is 8.92. The number of aliphatic carboxylic acids is 1. The van der Waals surface area contributed by atoms with E-state index in [1.54, 1.807) is 36.4 Å². The largest absolute Gasteiger partial charge is 0.486 e. The maximum atomic E-state index is 13.8. The molecular weight excluding hydrogens is 526 g/mol. The number of carbonyl (C=O) groups is 2. The van der Waals surface area contributed by atoms with Crippen LogP contribution in [0.5, 0.6) is 11.5 Å². The normalized spacial score (nSPS) is 12.5. The zero-order valence-corrected chi connectivity index (χ0v) is 20.0. The molecule has 3 aromatic carbocycles. The van der Waals surface area contributed by atoms with Crippen molar-refractivity contribution in [3.63, 3.8) is 0 Å². The lowest BCUT2D eigenvalue weighted by atomic mass is 10.1. The quantitative estimate of drug-likeness (QED) is 0.439. The Kier molecular flexibility index (Phi) is 7.50. The van der Waals surface area contributed by atoms with Gasteiger partial charge < -0.3 is 24.4 Å². The van der Waals surface area contributed by atoms with Crippen molar-refractivity contribution >= 4 is 39.2 Å². The van der Waals surface area contributed by atoms with Crippen molar-refractivity contribution in [2.75, 3.05) is 42.6 Å². The fourth-order valence-corrected chi connectivity index (χ4v) is 4.05. The van der Waals surface area contributed by atoms with Crippen molar-refractivity contribution < 1.29 is 33.0 Å². The van der Waals surface area contributed by atoms with E-state index in [4.69, 9.17) is 14.6 Å². The first kappa shape index (κ1) is 24.5. The van der Waals surface area contributed by atoms with Gasteiger partial charge in [-0.15, -0.1) is 0 Å². The van der Waals surface area contributed by atoms with Gasteiger partial charge in [0, 0.05) is 34.9 Å². The number of halogens is 3. The predicted octanol–water partition coefficient (Wildman–Crippen LogP) is 4.74. The summed E-state index contributed by atoms with van der Waals surface area (Å²) in [6.45, 7) is 0.931. The van der Waals surface area contributed by atoms with Crippen LogP contribution in [0.15, 0.2) is 65.1 Å². The van der Waals surface area contributed by atoms with Gasteiger partial charge in [-0.3, -0.25) is 4.79 Å². The van der Waals surface area contributed by atoms with Crippen LogP contribution in [0, 0.1) is 11.6 Å². The number of ether oxygens (including phenoxy) is 2. The number of carbonyl (C=O) groups excluding carboxylic acids is 1. The van der Waals surface area contributed by atoms with Gasteiger partial charge >= 0.3 is 5.97 Å². The second-order valence-corrected chi connectivity index (χ2v) is 8.63. The minimum absolute atomic E-state index is 0.0999. The Hall–Kier alpha value is -3.66. The molecule has 3 aromatic rings. The number of benzene rings is 3. The highest BCUT2D eigenvalue weighted by Gasteiger charge is 2.25. The van der Waals surface area contributed by atoms with E-state index in [9.17, 15) is 18.4 Å². The molecule has 1 heterocycles. The van der Waals surface area contributed by atoms with Crippen LogP contribution in [-0.2, 0) is 4.79 Å². The van der Waals surface area contributed by atoms with E-state index in [-0.39, 0.29) is 12.1 Å². The predicted molar refractivity (Wildman–Crippen MR) is 129 cm³/mol. The third kappa shape index (κ3) is 5.89. The smallest absolute Gasteiger partial charge is 0.341 e. The van der Waals surface area contributed by atoms with Gasteiger partial charge in [-0.2, -0.15) is 0 Å². The maximum Gasteiger partial charge on any atom is 0.341 e. The van der Waals surface area contributed by atoms with Crippen LogP contribution in [0.25, 0.3) is 0 Å². The Labute approximate surface area is 208 Å². The number of fused-ring (bicyclic) bond motifs is 1. The SMILES string of the molecule is O=C(O)COc1cccc2c1OCCN2CCN(C(=O)c1cc(F)cc(F)c1)c1ccc(Br)cc1. The molecule has 10 heteroatoms. The van der Waals surface area contributed by atoms with Crippen LogP contribution in [0.2, 0.25) is 0 Å². The van der Waals surface area contributed by atoms with Crippen LogP contribution in [0.3, 0.4) is 0 Å². The Morgan fingerprint density at radius 2 is 1.80 bits per heavy atom. The van der Waals surface area contributed by atoms with Crippen molar-refractivity contribution in [3.05, 3.63) is 82.3 Å². The van der Waals surface area contributed by atoms with E-state index >= 15 is 0 Å². The molecule has 0 bridgehead atoms. The first-order valence-corrected chi connectivity index (χ1v) is 11.5. The van der Waals surface area contributed by atoms with Gasteiger partial charge in [0.25, 0.3) is 5.91 Å². The number of nitrogens with zero attached hydrogens (tertiary/aromatic N) is 2. The van der Waals surface area contributed by atoms with Crippen LogP contribution >= 0.6 is 15.9 Å². The number of amides is 1. The highest BCUT2D eigenvalue weighted by molar-refractivity contribution is 9.10. The summed E-state index contributed by atoms with van der Waals surface area (Å²) in [6, 6.07) is 14.9. The fourth-order valence-electron chi connectivity index (χ4n) is 3.78. The summed E-state index contributed by atoms with van der Waals surface area (Å²) >= 11 is 3.37. The molecule has 7 nitrogen and oxygen atoms in total. The molecule has 1 aliphatic heterocycles. The molecule has 0 fully saturated rings. The monoisotopic (exact) mass is 546 g/mol. The van der Waals surface area contributed by atoms with Crippen LogP contribution in [0.4, 0.5) is 20.2 Å². The summed E-state index contributed by atoms with van der Waals surface area (Å²) in [4.78, 5) is 27.7. The lowest BCUT2D eigenvalue weighted by molar-refractivity contribution is -0.139. The summed E-state index contributed by atoms with van der Waals surface area (Å²) < 4.78 is 39.5. The van der Waals surface area contributed by atoms with Crippen LogP contribution in [0.1, 0.15) is 10.4 Å². The van der Waals surface area contributed by atoms with E-state index in [1.807, 2.05) is 11.0 Å². The number of hydrogen-bond donors (Lipinski definition) is 1. The number of carboxylic acid groups (broad SMARTS) is 1. The Morgan fingerprint density at radius 1 is 1.09 bits per heavy atom. The number of carboxylic acids is 1. The Bertz CT molecular complexity index is 1220. The number of anilines is 2. The van der Waals surface area contributed by atoms with E-state index in [0.29, 0.717) is 42.6 Å². The highest BCUT2D eigenvalue weighted by atomic mass is 79.9. The van der Waals surface area contributed by atoms with Gasteiger partial charge in [0.15, 0.2) is 18.1 Å². The van der Waals surface area contributed by atoms with Gasteiger partial charge in [-0.25, -0.2) is 13.6 Å². The summed E-state index contributed by atoms with van der Waals surface area (Å²) in [5.74, 6) is -2.58. The third-order valence-electron chi connectivity index (χ3n) is 5.34. The standard InChI is InChI=1S/C25H21BrF2N2O5/c26-17-4-6-20(7-5-17)30(25(33)16-12-18(27)14-19(28)13-16)9-8-29-10-11-34-24-21(29)2-1-3-22(24)35-15-23(31)32/h1-7,12-14H,8-11,15H2,(H,31,32). The molecule has 182 valence electrons. The van der Waals surface area contributed by atoms with E-state index < -0.39 is 30.1 Å². The molecule has 1 N–H and O–H groups in total. The van der Waals surface area contributed by atoms with Crippen molar-refractivity contribution in [2.24, 2.45) is 0 Å². The average Bonchev–Trinajstić information content (AvgIpc) is 2.83. The fraction of sp³-hybridized carbons (Fsp3) is 0.200. The molecular formula is C25H21BrF2N2O5. The number of para-hydroxylation sites is 1. The molecule has 1 amide bonds. The van der Waals surface area contributed by atoms with Crippen molar-refractivity contribution in [3.8, 4) is 11.5 Å². The van der Waals surface area contributed by atoms with E-state index in [0.717, 1.165) is 22.7 Å². The maximum absolute atomic E-state index is 13.8. The molecule has 4 rings (SSSR count). The van der Waals surface area contributed by atoms with E-state index in [2.05, 4.69) is 15.9 Å². The van der Waals surface area contributed by atoms with E-state index in [1.165, 1.54) is 4.90 Å². The topological polar surface area (TPSA) is 79.3 Å². The van der Waals surface area contributed by atoms with Gasteiger partial charge in [0.2, 0.25) is 0 Å². The molecule has 0 aliphatic carbocycles. The zero-order chi connectivity index (χ0) is 24.9. The number of hydrogen-bond acceptors (Lipinski definition) is 5. The highest BCUT2D eigenvalue weighted by Crippen LogP contribution is 2.40. The zero-order valence-electron chi connectivity index (χ0n) is 18.4. The van der Waals surface area contributed by atoms with Crippen molar-refractivity contribution in [1.29, 1.82) is 0 Å². The summed E-state index contributed by atoms with van der Waals surface area (Å²) in [6.07, 6.45) is 0. The lowest BCUT2D eigenvalue weighted by Gasteiger charge is -2.34. The Morgan fingerprint density at radius 3 is 2.49 bits per heavy atom. The molecule has 0 spiro atoms. The first-order valence-electron chi connectivity index (χ1n) is 10.7. The minimum Gasteiger partial charge on any atom is -0.486 e. The molecule has 0 saturated carbocycles. The second-order valence-electron chi connectivity index (χ2n) is 7.71. The number of rotatable bonds is 8. The average molecular weight is 547 g/mol. The van der Waals surface area contributed by atoms with Crippen molar-refractivity contribution in [1.82, 2.24) is 0 Å². The molecule has 0 atom stereocenters. The first-order chi connectivity index (χ1) is 16.8. The second kappa shape index (κ2) is 10.7. The Balaban J connectivity index is 1.59.